The van der Waals surface area contributed by atoms with Gasteiger partial charge < -0.3 is 4.74 Å². The molecule has 0 bridgehead atoms. The van der Waals surface area contributed by atoms with Crippen LogP contribution in [0.2, 0.25) is 0 Å². The molecule has 1 unspecified atom stereocenters. The molecule has 168 valence electrons. The fraction of sp³-hybridized carbons (Fsp3) is 0.208. The van der Waals surface area contributed by atoms with Crippen molar-refractivity contribution >= 4 is 40.2 Å². The van der Waals surface area contributed by atoms with Gasteiger partial charge in [0.25, 0.3) is 17.7 Å². The van der Waals surface area contributed by atoms with Crippen molar-refractivity contribution in [2.24, 2.45) is 0 Å². The molecule has 33 heavy (non-hydrogen) atoms. The molecular formula is C24H21N3O5S. The van der Waals surface area contributed by atoms with E-state index in [4.69, 9.17) is 4.74 Å². The number of nitrogens with one attached hydrogen (secondary N) is 1. The minimum atomic E-state index is -1.01. The van der Waals surface area contributed by atoms with Gasteiger partial charge in [-0.1, -0.05) is 42.5 Å². The van der Waals surface area contributed by atoms with E-state index in [1.165, 1.54) is 18.3 Å². The highest BCUT2D eigenvalue weighted by Crippen LogP contribution is 2.25. The van der Waals surface area contributed by atoms with E-state index < -0.39 is 18.0 Å². The molecular weight excluding hydrogens is 442 g/mol. The van der Waals surface area contributed by atoms with Crippen LogP contribution in [0, 0.1) is 0 Å². The molecule has 0 spiro atoms. The lowest BCUT2D eigenvalue weighted by molar-refractivity contribution is -0.153. The van der Waals surface area contributed by atoms with Gasteiger partial charge in [0.1, 0.15) is 0 Å². The number of nitrogens with zero attached hydrogens (tertiary/aromatic N) is 2. The van der Waals surface area contributed by atoms with Crippen LogP contribution >= 0.6 is 11.3 Å². The predicted molar refractivity (Wildman–Crippen MR) is 123 cm³/mol. The highest BCUT2D eigenvalue weighted by molar-refractivity contribution is 7.14. The van der Waals surface area contributed by atoms with E-state index in [2.05, 4.69) is 10.3 Å². The summed E-state index contributed by atoms with van der Waals surface area (Å²) in [5.74, 6) is -1.80. The first kappa shape index (κ1) is 22.3. The molecule has 3 aromatic rings. The SMILES string of the molecule is CC(OC(=O)CCCN1C(=O)c2ccccc2C1=O)C(=O)Nc1nc(-c2ccccc2)cs1. The summed E-state index contributed by atoms with van der Waals surface area (Å²) >= 11 is 1.28. The van der Waals surface area contributed by atoms with E-state index in [-0.39, 0.29) is 31.2 Å². The van der Waals surface area contributed by atoms with Crippen molar-refractivity contribution in [2.45, 2.75) is 25.9 Å². The summed E-state index contributed by atoms with van der Waals surface area (Å²) in [7, 11) is 0. The Kier molecular flexibility index (Phi) is 6.60. The third-order valence-corrected chi connectivity index (χ3v) is 5.88. The topological polar surface area (TPSA) is 106 Å². The molecule has 2 heterocycles. The molecule has 8 nitrogen and oxygen atoms in total. The van der Waals surface area contributed by atoms with Crippen molar-refractivity contribution in [3.05, 3.63) is 71.1 Å². The molecule has 1 aliphatic heterocycles. The van der Waals surface area contributed by atoms with Crippen LogP contribution in [0.15, 0.2) is 60.0 Å². The van der Waals surface area contributed by atoms with Crippen LogP contribution in [0.5, 0.6) is 0 Å². The lowest BCUT2D eigenvalue weighted by Gasteiger charge is -2.15. The van der Waals surface area contributed by atoms with E-state index in [0.29, 0.717) is 16.3 Å². The van der Waals surface area contributed by atoms with Gasteiger partial charge in [0.15, 0.2) is 11.2 Å². The summed E-state index contributed by atoms with van der Waals surface area (Å²) in [4.78, 5) is 54.7. The molecule has 0 fully saturated rings. The first-order valence-corrected chi connectivity index (χ1v) is 11.3. The Morgan fingerprint density at radius 1 is 1.03 bits per heavy atom. The Hall–Kier alpha value is -3.85. The minimum Gasteiger partial charge on any atom is -0.453 e. The molecule has 3 amide bonds. The highest BCUT2D eigenvalue weighted by Gasteiger charge is 2.34. The number of rotatable bonds is 8. The normalized spacial score (nSPS) is 13.5. The summed E-state index contributed by atoms with van der Waals surface area (Å²) in [5, 5.41) is 4.90. The molecule has 2 aromatic carbocycles. The number of thiazole rings is 1. The molecule has 4 rings (SSSR count). The number of ether oxygens (including phenoxy) is 1. The standard InChI is InChI=1S/C24H21N3O5S/c1-15(21(29)26-24-25-19(14-33-24)16-8-3-2-4-9-16)32-20(28)12-7-13-27-22(30)17-10-5-6-11-18(17)23(27)31/h2-6,8-11,14-15H,7,12-13H2,1H3,(H,25,26,29). The second-order valence-electron chi connectivity index (χ2n) is 7.44. The van der Waals surface area contributed by atoms with Crippen molar-refractivity contribution in [1.82, 2.24) is 9.88 Å². The van der Waals surface area contributed by atoms with Crippen LogP contribution in [-0.4, -0.2) is 46.2 Å². The molecule has 9 heteroatoms. The van der Waals surface area contributed by atoms with E-state index in [1.807, 2.05) is 35.7 Å². The number of carbonyl (C=O) groups is 4. The summed E-state index contributed by atoms with van der Waals surface area (Å²) in [6.07, 6.45) is -0.799. The smallest absolute Gasteiger partial charge is 0.306 e. The van der Waals surface area contributed by atoms with Crippen molar-refractivity contribution in [3.8, 4) is 11.3 Å². The van der Waals surface area contributed by atoms with Gasteiger partial charge in [0, 0.05) is 23.9 Å². The monoisotopic (exact) mass is 463 g/mol. The maximum atomic E-state index is 12.4. The van der Waals surface area contributed by atoms with E-state index in [0.717, 1.165) is 16.2 Å². The zero-order chi connectivity index (χ0) is 23.4. The Morgan fingerprint density at radius 3 is 2.33 bits per heavy atom. The Labute approximate surface area is 194 Å². The number of aromatic nitrogens is 1. The molecule has 1 aliphatic rings. The summed E-state index contributed by atoms with van der Waals surface area (Å²) in [6.45, 7) is 1.58. The van der Waals surface area contributed by atoms with Crippen LogP contribution in [0.25, 0.3) is 11.3 Å². The van der Waals surface area contributed by atoms with Crippen LogP contribution in [0.3, 0.4) is 0 Å². The number of anilines is 1. The molecule has 1 N–H and O–H groups in total. The van der Waals surface area contributed by atoms with Gasteiger partial charge in [-0.25, -0.2) is 4.98 Å². The number of fused-ring (bicyclic) bond motifs is 1. The second-order valence-corrected chi connectivity index (χ2v) is 8.29. The number of hydrogen-bond donors (Lipinski definition) is 1. The average molecular weight is 464 g/mol. The van der Waals surface area contributed by atoms with Crippen LogP contribution in [0.4, 0.5) is 5.13 Å². The lowest BCUT2D eigenvalue weighted by Crippen LogP contribution is -2.32. The fourth-order valence-corrected chi connectivity index (χ4v) is 4.14. The fourth-order valence-electron chi connectivity index (χ4n) is 3.41. The molecule has 0 aliphatic carbocycles. The van der Waals surface area contributed by atoms with Gasteiger partial charge in [0.05, 0.1) is 16.8 Å². The van der Waals surface area contributed by atoms with Gasteiger partial charge in [-0.2, -0.15) is 0 Å². The van der Waals surface area contributed by atoms with Crippen molar-refractivity contribution in [3.63, 3.8) is 0 Å². The Bertz CT molecular complexity index is 1170. The number of imide groups is 1. The number of amides is 3. The number of carbonyl (C=O) groups excluding carboxylic acids is 4. The summed E-state index contributed by atoms with van der Waals surface area (Å²) in [6, 6.07) is 16.2. The molecule has 1 atom stereocenters. The molecule has 0 saturated heterocycles. The highest BCUT2D eigenvalue weighted by atomic mass is 32.1. The molecule has 0 saturated carbocycles. The van der Waals surface area contributed by atoms with Crippen molar-refractivity contribution in [1.29, 1.82) is 0 Å². The third-order valence-electron chi connectivity index (χ3n) is 5.12. The van der Waals surface area contributed by atoms with E-state index in [1.54, 1.807) is 24.3 Å². The Balaban J connectivity index is 1.23. The largest absolute Gasteiger partial charge is 0.453 e. The third kappa shape index (κ3) is 4.98. The predicted octanol–water partition coefficient (Wildman–Crippen LogP) is 3.76. The molecule has 1 aromatic heterocycles. The number of esters is 1. The van der Waals surface area contributed by atoms with Gasteiger partial charge in [-0.15, -0.1) is 11.3 Å². The minimum absolute atomic E-state index is 0.0273. The maximum Gasteiger partial charge on any atom is 0.306 e. The molecule has 0 radical (unpaired) electrons. The summed E-state index contributed by atoms with van der Waals surface area (Å²) < 4.78 is 5.19. The summed E-state index contributed by atoms with van der Waals surface area (Å²) in [5.41, 5.74) is 2.42. The van der Waals surface area contributed by atoms with Crippen molar-refractivity contribution < 1.29 is 23.9 Å². The van der Waals surface area contributed by atoms with Gasteiger partial charge in [-0.3, -0.25) is 29.4 Å². The second kappa shape index (κ2) is 9.74. The van der Waals surface area contributed by atoms with Gasteiger partial charge in [0.2, 0.25) is 0 Å². The number of hydrogen-bond acceptors (Lipinski definition) is 7. The zero-order valence-corrected chi connectivity index (χ0v) is 18.6. The van der Waals surface area contributed by atoms with Crippen LogP contribution in [-0.2, 0) is 14.3 Å². The maximum absolute atomic E-state index is 12.4. The van der Waals surface area contributed by atoms with Crippen LogP contribution in [0.1, 0.15) is 40.5 Å². The van der Waals surface area contributed by atoms with Crippen LogP contribution < -0.4 is 5.32 Å². The Morgan fingerprint density at radius 2 is 1.67 bits per heavy atom. The zero-order valence-electron chi connectivity index (χ0n) is 17.8. The van der Waals surface area contributed by atoms with E-state index in [9.17, 15) is 19.2 Å². The number of benzene rings is 2. The van der Waals surface area contributed by atoms with Gasteiger partial charge >= 0.3 is 5.97 Å². The quantitative estimate of drug-likeness (QED) is 0.403. The average Bonchev–Trinajstić information content (AvgIpc) is 3.38. The first-order chi connectivity index (χ1) is 15.9. The van der Waals surface area contributed by atoms with Crippen molar-refractivity contribution in [2.75, 3.05) is 11.9 Å². The van der Waals surface area contributed by atoms with Gasteiger partial charge in [-0.05, 0) is 25.5 Å². The first-order valence-electron chi connectivity index (χ1n) is 10.4. The lowest BCUT2D eigenvalue weighted by atomic mass is 10.1. The van der Waals surface area contributed by atoms with E-state index >= 15 is 0 Å².